The predicted octanol–water partition coefficient (Wildman–Crippen LogP) is 3.70. The van der Waals surface area contributed by atoms with Crippen LogP contribution in [0.25, 0.3) is 10.9 Å². The Morgan fingerprint density at radius 3 is 2.54 bits per heavy atom. The number of carbonyl (C=O) groups excluding carboxylic acids is 2. The normalized spacial score (nSPS) is 11.8. The second-order valence-corrected chi connectivity index (χ2v) is 11.3. The fourth-order valence-electron chi connectivity index (χ4n) is 2.55. The molecule has 0 N–H and O–H groups in total. The topological polar surface area (TPSA) is 70.4 Å². The highest BCUT2D eigenvalue weighted by Gasteiger charge is 2.19. The summed E-state index contributed by atoms with van der Waals surface area (Å²) >= 11 is 0. The number of benzene rings is 1. The van der Waals surface area contributed by atoms with Crippen LogP contribution in [-0.2, 0) is 20.7 Å². The van der Waals surface area contributed by atoms with E-state index in [1.54, 1.807) is 6.07 Å². The number of ether oxygens (including phenoxy) is 2. The quantitative estimate of drug-likeness (QED) is 0.588. The summed E-state index contributed by atoms with van der Waals surface area (Å²) in [7, 11) is -0.769. The van der Waals surface area contributed by atoms with Crippen molar-refractivity contribution >= 4 is 31.8 Å². The standard InChI is InChI=1S/C19H28N2O4Si/c1-13-15-8-7-14(12-17(22)25-19(2,3)4)11-16(15)21(20-13)18(23)24-9-10-26(5)6/h7-8,11,26H,9-10,12H2,1-6H3. The van der Waals surface area contributed by atoms with Crippen LogP contribution in [-0.4, -0.2) is 42.8 Å². The van der Waals surface area contributed by atoms with Crippen LogP contribution in [0.2, 0.25) is 19.1 Å². The van der Waals surface area contributed by atoms with Crippen molar-refractivity contribution in [1.29, 1.82) is 0 Å². The second-order valence-electron chi connectivity index (χ2n) is 7.91. The third-order valence-electron chi connectivity index (χ3n) is 3.79. The van der Waals surface area contributed by atoms with E-state index in [-0.39, 0.29) is 12.4 Å². The molecule has 0 unspecified atom stereocenters. The third-order valence-corrected chi connectivity index (χ3v) is 5.18. The minimum Gasteiger partial charge on any atom is -0.460 e. The van der Waals surface area contributed by atoms with Gasteiger partial charge in [-0.3, -0.25) is 4.79 Å². The molecule has 0 aliphatic heterocycles. The van der Waals surface area contributed by atoms with Crippen molar-refractivity contribution in [2.24, 2.45) is 0 Å². The Balaban J connectivity index is 2.21. The van der Waals surface area contributed by atoms with Crippen LogP contribution in [0.3, 0.4) is 0 Å². The molecule has 7 heteroatoms. The zero-order valence-electron chi connectivity index (χ0n) is 16.5. The van der Waals surface area contributed by atoms with E-state index in [9.17, 15) is 9.59 Å². The van der Waals surface area contributed by atoms with Gasteiger partial charge in [0.1, 0.15) is 5.60 Å². The van der Waals surface area contributed by atoms with Crippen LogP contribution in [0.1, 0.15) is 32.0 Å². The molecule has 0 radical (unpaired) electrons. The average Bonchev–Trinajstić information content (AvgIpc) is 2.81. The Hall–Kier alpha value is -2.15. The lowest BCUT2D eigenvalue weighted by Crippen LogP contribution is -2.24. The molecule has 26 heavy (non-hydrogen) atoms. The lowest BCUT2D eigenvalue weighted by Gasteiger charge is -2.19. The van der Waals surface area contributed by atoms with Gasteiger partial charge in [0.15, 0.2) is 0 Å². The first-order valence-electron chi connectivity index (χ1n) is 8.94. The maximum Gasteiger partial charge on any atom is 0.435 e. The number of fused-ring (bicyclic) bond motifs is 1. The summed E-state index contributed by atoms with van der Waals surface area (Å²) in [5.74, 6) is -0.302. The number of hydrogen-bond acceptors (Lipinski definition) is 5. The fourth-order valence-corrected chi connectivity index (χ4v) is 3.14. The SMILES string of the molecule is Cc1nn(C(=O)OCC[SiH](C)C)c2cc(CC(=O)OC(C)(C)C)ccc12. The van der Waals surface area contributed by atoms with Gasteiger partial charge in [-0.05, 0) is 45.4 Å². The molecule has 0 aliphatic rings. The summed E-state index contributed by atoms with van der Waals surface area (Å²) < 4.78 is 12.0. The van der Waals surface area contributed by atoms with Gasteiger partial charge in [-0.15, -0.1) is 0 Å². The van der Waals surface area contributed by atoms with Gasteiger partial charge in [0.2, 0.25) is 0 Å². The summed E-state index contributed by atoms with van der Waals surface area (Å²) in [6, 6.07) is 6.48. The van der Waals surface area contributed by atoms with E-state index in [2.05, 4.69) is 18.2 Å². The van der Waals surface area contributed by atoms with Gasteiger partial charge in [-0.25, -0.2) is 4.79 Å². The number of nitrogens with zero attached hydrogens (tertiary/aromatic N) is 2. The monoisotopic (exact) mass is 376 g/mol. The summed E-state index contributed by atoms with van der Waals surface area (Å²) in [6.45, 7) is 12.2. The fraction of sp³-hybridized carbons (Fsp3) is 0.526. The first-order valence-corrected chi connectivity index (χ1v) is 12.1. The highest BCUT2D eigenvalue weighted by molar-refractivity contribution is 6.55. The smallest absolute Gasteiger partial charge is 0.435 e. The zero-order chi connectivity index (χ0) is 19.5. The van der Waals surface area contributed by atoms with Crippen LogP contribution in [0, 0.1) is 6.92 Å². The average molecular weight is 377 g/mol. The lowest BCUT2D eigenvalue weighted by atomic mass is 10.1. The summed E-state index contributed by atoms with van der Waals surface area (Å²) in [6.07, 6.45) is -0.335. The molecule has 2 aromatic rings. The highest BCUT2D eigenvalue weighted by atomic mass is 28.3. The van der Waals surface area contributed by atoms with Crippen molar-refractivity contribution in [3.8, 4) is 0 Å². The molecule has 0 aliphatic carbocycles. The van der Waals surface area contributed by atoms with Gasteiger partial charge in [-0.2, -0.15) is 9.78 Å². The van der Waals surface area contributed by atoms with Gasteiger partial charge in [-0.1, -0.05) is 25.2 Å². The maximum atomic E-state index is 12.4. The molecule has 0 saturated heterocycles. The van der Waals surface area contributed by atoms with Crippen molar-refractivity contribution in [2.45, 2.75) is 58.9 Å². The van der Waals surface area contributed by atoms with E-state index in [4.69, 9.17) is 9.47 Å². The van der Waals surface area contributed by atoms with Crippen LogP contribution >= 0.6 is 0 Å². The minimum atomic E-state index is -0.769. The number of aromatic nitrogens is 2. The van der Waals surface area contributed by atoms with Crippen LogP contribution in [0.5, 0.6) is 0 Å². The minimum absolute atomic E-state index is 0.144. The number of aryl methyl sites for hydroxylation is 1. The van der Waals surface area contributed by atoms with E-state index in [0.717, 1.165) is 22.7 Å². The second kappa shape index (κ2) is 8.03. The van der Waals surface area contributed by atoms with Crippen molar-refractivity contribution in [3.05, 3.63) is 29.5 Å². The molecular weight excluding hydrogens is 348 g/mol. The number of esters is 1. The van der Waals surface area contributed by atoms with Crippen LogP contribution in [0.4, 0.5) is 4.79 Å². The van der Waals surface area contributed by atoms with Crippen LogP contribution in [0.15, 0.2) is 18.2 Å². The summed E-state index contributed by atoms with van der Waals surface area (Å²) in [4.78, 5) is 24.4. The molecule has 142 valence electrons. The zero-order valence-corrected chi connectivity index (χ0v) is 17.6. The Morgan fingerprint density at radius 2 is 1.92 bits per heavy atom. The first kappa shape index (κ1) is 20.2. The molecule has 1 aromatic carbocycles. The van der Waals surface area contributed by atoms with Gasteiger partial charge >= 0.3 is 12.1 Å². The van der Waals surface area contributed by atoms with E-state index in [1.807, 2.05) is 39.8 Å². The number of rotatable bonds is 5. The van der Waals surface area contributed by atoms with E-state index >= 15 is 0 Å². The van der Waals surface area contributed by atoms with E-state index in [1.165, 1.54) is 4.68 Å². The van der Waals surface area contributed by atoms with Crippen LogP contribution < -0.4 is 0 Å². The van der Waals surface area contributed by atoms with Crippen molar-refractivity contribution in [2.75, 3.05) is 6.61 Å². The predicted molar refractivity (Wildman–Crippen MR) is 104 cm³/mol. The Labute approximate surface area is 156 Å². The Kier molecular flexibility index (Phi) is 6.23. The molecule has 0 spiro atoms. The Bertz CT molecular complexity index is 806. The molecule has 0 saturated carbocycles. The van der Waals surface area contributed by atoms with E-state index in [0.29, 0.717) is 12.1 Å². The first-order chi connectivity index (χ1) is 12.1. The molecule has 0 fully saturated rings. The Morgan fingerprint density at radius 1 is 1.23 bits per heavy atom. The molecular formula is C19H28N2O4Si. The maximum absolute atomic E-state index is 12.4. The van der Waals surface area contributed by atoms with Gasteiger partial charge in [0.25, 0.3) is 0 Å². The number of hydrogen-bond donors (Lipinski definition) is 0. The molecule has 1 heterocycles. The molecule has 0 atom stereocenters. The third kappa shape index (κ3) is 5.42. The van der Waals surface area contributed by atoms with Crippen molar-refractivity contribution in [3.63, 3.8) is 0 Å². The van der Waals surface area contributed by atoms with Crippen molar-refractivity contribution in [1.82, 2.24) is 9.78 Å². The molecule has 0 bridgehead atoms. The molecule has 6 nitrogen and oxygen atoms in total. The summed E-state index contributed by atoms with van der Waals surface area (Å²) in [5.41, 5.74) is 1.65. The summed E-state index contributed by atoms with van der Waals surface area (Å²) in [5, 5.41) is 5.17. The van der Waals surface area contributed by atoms with Crippen molar-refractivity contribution < 1.29 is 19.1 Å². The molecule has 0 amide bonds. The molecule has 2 rings (SSSR count). The number of carbonyl (C=O) groups is 2. The largest absolute Gasteiger partial charge is 0.460 e. The molecule has 1 aromatic heterocycles. The van der Waals surface area contributed by atoms with E-state index < -0.39 is 20.5 Å². The lowest BCUT2D eigenvalue weighted by molar-refractivity contribution is -0.153. The van der Waals surface area contributed by atoms with Gasteiger partial charge in [0.05, 0.1) is 24.2 Å². The highest BCUT2D eigenvalue weighted by Crippen LogP contribution is 2.21. The van der Waals surface area contributed by atoms with Gasteiger partial charge < -0.3 is 9.47 Å². The van der Waals surface area contributed by atoms with Gasteiger partial charge in [0, 0.05) is 14.2 Å².